The van der Waals surface area contributed by atoms with Crippen molar-refractivity contribution in [1.82, 2.24) is 10.9 Å². The van der Waals surface area contributed by atoms with Crippen molar-refractivity contribution in [2.75, 3.05) is 11.9 Å². The first kappa shape index (κ1) is 19.7. The third kappa shape index (κ3) is 6.72. The highest BCUT2D eigenvalue weighted by Crippen LogP contribution is 2.17. The molecule has 0 spiro atoms. The summed E-state index contributed by atoms with van der Waals surface area (Å²) in [5.41, 5.74) is 8.49. The molecule has 2 aromatic carbocycles. The van der Waals surface area contributed by atoms with E-state index >= 15 is 0 Å². The molecule has 2 aromatic rings. The van der Waals surface area contributed by atoms with Gasteiger partial charge in [0, 0.05) is 5.69 Å². The summed E-state index contributed by atoms with van der Waals surface area (Å²) in [5.74, 6) is 1.04. The van der Waals surface area contributed by atoms with Crippen LogP contribution < -0.4 is 20.9 Å². The molecule has 0 saturated carbocycles. The summed E-state index contributed by atoms with van der Waals surface area (Å²) in [6.07, 6.45) is 0.229. The Labute approximate surface area is 160 Å². The van der Waals surface area contributed by atoms with Gasteiger partial charge in [0.1, 0.15) is 5.75 Å². The van der Waals surface area contributed by atoms with Gasteiger partial charge in [0.25, 0.3) is 0 Å². The summed E-state index contributed by atoms with van der Waals surface area (Å²) in [6, 6.07) is 15.7. The number of hydrogen-bond donors (Lipinski definition) is 3. The predicted molar refractivity (Wildman–Crippen MR) is 109 cm³/mol. The summed E-state index contributed by atoms with van der Waals surface area (Å²) in [6.45, 7) is 6.58. The van der Waals surface area contributed by atoms with E-state index in [1.807, 2.05) is 43.3 Å². The molecule has 0 fully saturated rings. The Hall–Kier alpha value is -2.60. The maximum absolute atomic E-state index is 11.8. The molecule has 0 aliphatic heterocycles. The second-order valence-electron chi connectivity index (χ2n) is 6.32. The van der Waals surface area contributed by atoms with E-state index < -0.39 is 0 Å². The molecular formula is C20H25N3O2S. The summed E-state index contributed by atoms with van der Waals surface area (Å²) in [4.78, 5) is 11.8. The predicted octanol–water partition coefficient (Wildman–Crippen LogP) is 3.91. The van der Waals surface area contributed by atoms with Gasteiger partial charge in [-0.15, -0.1) is 0 Å². The topological polar surface area (TPSA) is 62.4 Å². The zero-order chi connectivity index (χ0) is 18.9. The van der Waals surface area contributed by atoms with Crippen molar-refractivity contribution < 1.29 is 9.53 Å². The number of nitrogens with one attached hydrogen (secondary N) is 3. The van der Waals surface area contributed by atoms with E-state index in [1.54, 1.807) is 0 Å². The Kier molecular flexibility index (Phi) is 7.41. The molecule has 1 amide bonds. The van der Waals surface area contributed by atoms with Crippen molar-refractivity contribution in [3.8, 4) is 5.75 Å². The van der Waals surface area contributed by atoms with Crippen molar-refractivity contribution in [2.45, 2.75) is 33.1 Å². The molecule has 0 unspecified atom stereocenters. The van der Waals surface area contributed by atoms with Crippen LogP contribution in [0.1, 0.15) is 37.3 Å². The molecule has 0 aliphatic rings. The molecule has 138 valence electrons. The van der Waals surface area contributed by atoms with Crippen LogP contribution in [-0.2, 0) is 4.79 Å². The number of hydrogen-bond acceptors (Lipinski definition) is 3. The molecule has 2 rings (SSSR count). The Morgan fingerprint density at radius 2 is 1.85 bits per heavy atom. The number of ether oxygens (including phenoxy) is 1. The van der Waals surface area contributed by atoms with Gasteiger partial charge >= 0.3 is 0 Å². The van der Waals surface area contributed by atoms with Crippen molar-refractivity contribution in [1.29, 1.82) is 0 Å². The highest BCUT2D eigenvalue weighted by molar-refractivity contribution is 7.80. The average molecular weight is 372 g/mol. The van der Waals surface area contributed by atoms with Gasteiger partial charge in [0.05, 0.1) is 13.0 Å². The van der Waals surface area contributed by atoms with Crippen LogP contribution in [0.5, 0.6) is 5.75 Å². The number of hydrazine groups is 1. The van der Waals surface area contributed by atoms with Gasteiger partial charge < -0.3 is 10.1 Å². The lowest BCUT2D eigenvalue weighted by atomic mass is 10.0. The largest absolute Gasteiger partial charge is 0.493 e. The lowest BCUT2D eigenvalue weighted by Crippen LogP contribution is -2.44. The van der Waals surface area contributed by atoms with Gasteiger partial charge in [0.15, 0.2) is 5.11 Å². The molecule has 0 radical (unpaired) electrons. The van der Waals surface area contributed by atoms with Crippen molar-refractivity contribution in [2.24, 2.45) is 0 Å². The molecule has 0 aromatic heterocycles. The first-order valence-electron chi connectivity index (χ1n) is 8.59. The molecule has 5 nitrogen and oxygen atoms in total. The third-order valence-corrected chi connectivity index (χ3v) is 3.94. The minimum absolute atomic E-state index is 0.197. The Morgan fingerprint density at radius 1 is 1.12 bits per heavy atom. The number of carbonyl (C=O) groups is 1. The van der Waals surface area contributed by atoms with E-state index in [-0.39, 0.29) is 12.3 Å². The lowest BCUT2D eigenvalue weighted by Gasteiger charge is -2.13. The maximum atomic E-state index is 11.8. The molecule has 6 heteroatoms. The fourth-order valence-electron chi connectivity index (χ4n) is 2.27. The van der Waals surface area contributed by atoms with Gasteiger partial charge in [-0.25, -0.2) is 0 Å². The normalized spacial score (nSPS) is 10.3. The van der Waals surface area contributed by atoms with Gasteiger partial charge in [-0.1, -0.05) is 38.1 Å². The van der Waals surface area contributed by atoms with Crippen LogP contribution in [0.4, 0.5) is 5.69 Å². The zero-order valence-corrected chi connectivity index (χ0v) is 16.2. The number of amides is 1. The van der Waals surface area contributed by atoms with Gasteiger partial charge in [-0.05, 0) is 60.5 Å². The molecule has 26 heavy (non-hydrogen) atoms. The third-order valence-electron chi connectivity index (χ3n) is 3.74. The highest BCUT2D eigenvalue weighted by Gasteiger charge is 2.04. The average Bonchev–Trinajstić information content (AvgIpc) is 2.60. The molecule has 0 atom stereocenters. The Balaban J connectivity index is 1.67. The van der Waals surface area contributed by atoms with E-state index in [9.17, 15) is 4.79 Å². The first-order chi connectivity index (χ1) is 12.4. The molecule has 3 N–H and O–H groups in total. The molecular weight excluding hydrogens is 346 g/mol. The number of benzene rings is 2. The van der Waals surface area contributed by atoms with Crippen molar-refractivity contribution >= 4 is 28.9 Å². The molecule has 0 aliphatic carbocycles. The molecule has 0 bridgehead atoms. The SMILES string of the molecule is Cc1cccc(OCCC(=O)NNC(=S)Nc2ccc(C(C)C)cc2)c1. The van der Waals surface area contributed by atoms with Crippen molar-refractivity contribution in [3.05, 3.63) is 59.7 Å². The van der Waals surface area contributed by atoms with Crippen LogP contribution in [0.2, 0.25) is 0 Å². The quantitative estimate of drug-likeness (QED) is 0.531. The summed E-state index contributed by atoms with van der Waals surface area (Å²) in [5, 5.41) is 3.35. The van der Waals surface area contributed by atoms with Crippen LogP contribution in [0.15, 0.2) is 48.5 Å². The second-order valence-corrected chi connectivity index (χ2v) is 6.73. The maximum Gasteiger partial charge on any atom is 0.241 e. The van der Waals surface area contributed by atoms with E-state index in [1.165, 1.54) is 5.56 Å². The number of rotatable bonds is 6. The van der Waals surface area contributed by atoms with Gasteiger partial charge in [-0.3, -0.25) is 15.6 Å². The standard InChI is InChI=1S/C20H25N3O2S/c1-14(2)16-7-9-17(10-8-16)21-20(26)23-22-19(24)11-12-25-18-6-4-5-15(3)13-18/h4-10,13-14H,11-12H2,1-3H3,(H,22,24)(H2,21,23,26). The van der Waals surface area contributed by atoms with Crippen LogP contribution in [0.3, 0.4) is 0 Å². The summed E-state index contributed by atoms with van der Waals surface area (Å²) < 4.78 is 5.55. The zero-order valence-electron chi connectivity index (χ0n) is 15.3. The fourth-order valence-corrected chi connectivity index (χ4v) is 2.44. The van der Waals surface area contributed by atoms with E-state index in [2.05, 4.69) is 42.1 Å². The number of carbonyl (C=O) groups excluding carboxylic acids is 1. The van der Waals surface area contributed by atoms with E-state index in [0.717, 1.165) is 17.0 Å². The number of aryl methyl sites for hydroxylation is 1. The minimum atomic E-state index is -0.197. The first-order valence-corrected chi connectivity index (χ1v) is 9.00. The second kappa shape index (κ2) is 9.77. The smallest absolute Gasteiger partial charge is 0.241 e. The van der Waals surface area contributed by atoms with Crippen LogP contribution >= 0.6 is 12.2 Å². The van der Waals surface area contributed by atoms with E-state index in [4.69, 9.17) is 17.0 Å². The molecule has 0 saturated heterocycles. The summed E-state index contributed by atoms with van der Waals surface area (Å²) in [7, 11) is 0. The highest BCUT2D eigenvalue weighted by atomic mass is 32.1. The van der Waals surface area contributed by atoms with E-state index in [0.29, 0.717) is 17.6 Å². The monoisotopic (exact) mass is 371 g/mol. The Bertz CT molecular complexity index is 745. The van der Waals surface area contributed by atoms with Crippen LogP contribution in [-0.4, -0.2) is 17.6 Å². The summed E-state index contributed by atoms with van der Waals surface area (Å²) >= 11 is 5.17. The van der Waals surface area contributed by atoms with Crippen LogP contribution in [0, 0.1) is 6.92 Å². The van der Waals surface area contributed by atoms with Gasteiger partial charge in [-0.2, -0.15) is 0 Å². The van der Waals surface area contributed by atoms with Crippen LogP contribution in [0.25, 0.3) is 0 Å². The number of anilines is 1. The fraction of sp³-hybridized carbons (Fsp3) is 0.300. The Morgan fingerprint density at radius 3 is 2.50 bits per heavy atom. The molecule has 0 heterocycles. The van der Waals surface area contributed by atoms with Gasteiger partial charge in [0.2, 0.25) is 5.91 Å². The number of thiocarbonyl (C=S) groups is 1. The lowest BCUT2D eigenvalue weighted by molar-refractivity contribution is -0.122. The van der Waals surface area contributed by atoms with Crippen molar-refractivity contribution in [3.63, 3.8) is 0 Å². The minimum Gasteiger partial charge on any atom is -0.493 e.